The van der Waals surface area contributed by atoms with E-state index in [-0.39, 0.29) is 5.91 Å². The summed E-state index contributed by atoms with van der Waals surface area (Å²) in [5.74, 6) is 1.58. The van der Waals surface area contributed by atoms with Gasteiger partial charge >= 0.3 is 0 Å². The van der Waals surface area contributed by atoms with Crippen molar-refractivity contribution in [2.45, 2.75) is 45.6 Å². The first-order valence-corrected chi connectivity index (χ1v) is 6.83. The van der Waals surface area contributed by atoms with Crippen LogP contribution in [0.4, 0.5) is 0 Å². The Kier molecular flexibility index (Phi) is 3.87. The number of allylic oxidation sites excluding steroid dienone is 1. The number of amides is 1. The lowest BCUT2D eigenvalue weighted by molar-refractivity contribution is -0.126. The van der Waals surface area contributed by atoms with Gasteiger partial charge in [-0.1, -0.05) is 13.0 Å². The summed E-state index contributed by atoms with van der Waals surface area (Å²) in [7, 11) is 0. The molecule has 1 unspecified atom stereocenters. The zero-order valence-electron chi connectivity index (χ0n) is 11.0. The van der Waals surface area contributed by atoms with E-state index in [9.17, 15) is 4.79 Å². The number of carbonyl (C=O) groups excluding carboxylic acids is 1. The van der Waals surface area contributed by atoms with Gasteiger partial charge in [-0.05, 0) is 44.4 Å². The lowest BCUT2D eigenvalue weighted by Gasteiger charge is -2.27. The monoisotopic (exact) mass is 236 g/mol. The van der Waals surface area contributed by atoms with Gasteiger partial charge in [-0.2, -0.15) is 0 Å². The average Bonchev–Trinajstić information content (AvgIpc) is 2.71. The maximum absolute atomic E-state index is 12.2. The molecule has 1 amide bonds. The smallest absolute Gasteiger partial charge is 0.249 e. The number of likely N-dealkylation sites (tertiary alicyclic amines) is 1. The molecule has 2 N–H and O–H groups in total. The lowest BCUT2D eigenvalue weighted by atomic mass is 9.79. The fraction of sp³-hybridized carbons (Fsp3) is 0.786. The van der Waals surface area contributed by atoms with Gasteiger partial charge in [0.25, 0.3) is 0 Å². The molecule has 3 heteroatoms. The van der Waals surface area contributed by atoms with Gasteiger partial charge in [0.1, 0.15) is 0 Å². The minimum atomic E-state index is 0.231. The summed E-state index contributed by atoms with van der Waals surface area (Å²) in [5, 5.41) is 0. The number of fused-ring (bicyclic) bond motifs is 1. The summed E-state index contributed by atoms with van der Waals surface area (Å²) in [6.45, 7) is 5.87. The zero-order chi connectivity index (χ0) is 12.4. The zero-order valence-corrected chi connectivity index (χ0v) is 11.0. The highest BCUT2D eigenvalue weighted by molar-refractivity contribution is 5.93. The van der Waals surface area contributed by atoms with Crippen LogP contribution in [-0.2, 0) is 4.79 Å². The fourth-order valence-corrected chi connectivity index (χ4v) is 3.28. The molecule has 1 heterocycles. The van der Waals surface area contributed by atoms with E-state index in [0.29, 0.717) is 17.9 Å². The van der Waals surface area contributed by atoms with Gasteiger partial charge in [0.05, 0.1) is 0 Å². The minimum Gasteiger partial charge on any atom is -0.338 e. The second-order valence-electron chi connectivity index (χ2n) is 5.60. The molecule has 96 valence electrons. The van der Waals surface area contributed by atoms with Crippen molar-refractivity contribution in [3.63, 3.8) is 0 Å². The van der Waals surface area contributed by atoms with Gasteiger partial charge in [-0.25, -0.2) is 0 Å². The van der Waals surface area contributed by atoms with Crippen molar-refractivity contribution in [2.24, 2.45) is 17.6 Å². The highest BCUT2D eigenvalue weighted by atomic mass is 16.2. The van der Waals surface area contributed by atoms with E-state index in [4.69, 9.17) is 5.73 Å². The van der Waals surface area contributed by atoms with Crippen LogP contribution in [0.5, 0.6) is 0 Å². The first-order valence-electron chi connectivity index (χ1n) is 6.83. The lowest BCUT2D eigenvalue weighted by Crippen LogP contribution is -2.32. The summed E-state index contributed by atoms with van der Waals surface area (Å²) in [4.78, 5) is 14.2. The Morgan fingerprint density at radius 1 is 1.35 bits per heavy atom. The van der Waals surface area contributed by atoms with E-state index in [2.05, 4.69) is 6.92 Å². The molecule has 1 saturated heterocycles. The van der Waals surface area contributed by atoms with E-state index in [1.54, 1.807) is 0 Å². The van der Waals surface area contributed by atoms with Crippen LogP contribution in [0, 0.1) is 11.8 Å². The summed E-state index contributed by atoms with van der Waals surface area (Å²) in [6, 6.07) is 0.360. The number of rotatable bonds is 2. The van der Waals surface area contributed by atoms with Crippen molar-refractivity contribution < 1.29 is 4.79 Å². The van der Waals surface area contributed by atoms with Gasteiger partial charge in [-0.3, -0.25) is 4.79 Å². The Bertz CT molecular complexity index is 324. The normalized spacial score (nSPS) is 33.7. The Hall–Kier alpha value is -0.830. The number of nitrogens with two attached hydrogens (primary N) is 1. The quantitative estimate of drug-likeness (QED) is 0.745. The van der Waals surface area contributed by atoms with E-state index >= 15 is 0 Å². The van der Waals surface area contributed by atoms with Crippen molar-refractivity contribution in [3.8, 4) is 0 Å². The summed E-state index contributed by atoms with van der Waals surface area (Å²) >= 11 is 0. The molecule has 0 aromatic carbocycles. The van der Waals surface area contributed by atoms with E-state index in [0.717, 1.165) is 37.9 Å². The molecule has 0 aromatic heterocycles. The van der Waals surface area contributed by atoms with Crippen LogP contribution in [-0.4, -0.2) is 29.9 Å². The third-order valence-corrected chi connectivity index (χ3v) is 4.23. The predicted octanol–water partition coefficient (Wildman–Crippen LogP) is 1.93. The van der Waals surface area contributed by atoms with Crippen LogP contribution in [0.15, 0.2) is 11.6 Å². The molecule has 17 heavy (non-hydrogen) atoms. The van der Waals surface area contributed by atoms with Gasteiger partial charge in [-0.15, -0.1) is 0 Å². The van der Waals surface area contributed by atoms with Gasteiger partial charge < -0.3 is 10.6 Å². The molecule has 1 saturated carbocycles. The number of hydrogen-bond acceptors (Lipinski definition) is 2. The highest BCUT2D eigenvalue weighted by Crippen LogP contribution is 2.36. The second-order valence-corrected chi connectivity index (χ2v) is 5.60. The van der Waals surface area contributed by atoms with E-state index < -0.39 is 0 Å². The standard InChI is InChI=1S/C14H24N2O/c1-3-4-10(2)14(17)16-8-11-5-6-13(15)7-12(11)9-16/h4,11-13H,3,5-9,15H2,1-2H3/b10-4+/t11-,12+,13?/m0/s1. The van der Waals surface area contributed by atoms with Crippen LogP contribution in [0.3, 0.4) is 0 Å². The molecule has 0 radical (unpaired) electrons. The molecule has 2 fully saturated rings. The molecule has 0 aromatic rings. The SMILES string of the molecule is CC/C=C(\C)C(=O)N1C[C@H]2CC(N)CC[C@H]2C1. The van der Waals surface area contributed by atoms with Crippen LogP contribution in [0.1, 0.15) is 39.5 Å². The molecular weight excluding hydrogens is 212 g/mol. The Labute approximate surface area is 104 Å². The molecule has 0 bridgehead atoms. The topological polar surface area (TPSA) is 46.3 Å². The Morgan fingerprint density at radius 2 is 2.06 bits per heavy atom. The van der Waals surface area contributed by atoms with Crippen LogP contribution < -0.4 is 5.73 Å². The van der Waals surface area contributed by atoms with Crippen molar-refractivity contribution >= 4 is 5.91 Å². The minimum absolute atomic E-state index is 0.231. The Morgan fingerprint density at radius 3 is 2.76 bits per heavy atom. The van der Waals surface area contributed by atoms with Crippen LogP contribution in [0.25, 0.3) is 0 Å². The Balaban J connectivity index is 1.97. The van der Waals surface area contributed by atoms with Gasteiger partial charge in [0.2, 0.25) is 5.91 Å². The summed E-state index contributed by atoms with van der Waals surface area (Å²) in [5.41, 5.74) is 6.90. The summed E-state index contributed by atoms with van der Waals surface area (Å²) in [6.07, 6.45) is 6.39. The van der Waals surface area contributed by atoms with Gasteiger partial charge in [0, 0.05) is 24.7 Å². The molecule has 1 aliphatic heterocycles. The second kappa shape index (κ2) is 5.21. The average molecular weight is 236 g/mol. The van der Waals surface area contributed by atoms with E-state index in [1.807, 2.05) is 17.9 Å². The van der Waals surface area contributed by atoms with Crippen molar-refractivity contribution in [1.29, 1.82) is 0 Å². The van der Waals surface area contributed by atoms with Crippen LogP contribution in [0.2, 0.25) is 0 Å². The van der Waals surface area contributed by atoms with E-state index in [1.165, 1.54) is 6.42 Å². The molecular formula is C14H24N2O. The molecule has 3 nitrogen and oxygen atoms in total. The predicted molar refractivity (Wildman–Crippen MR) is 69.4 cm³/mol. The molecule has 2 aliphatic rings. The molecule has 0 spiro atoms. The highest BCUT2D eigenvalue weighted by Gasteiger charge is 2.38. The molecule has 3 atom stereocenters. The maximum atomic E-state index is 12.2. The molecule has 2 rings (SSSR count). The maximum Gasteiger partial charge on any atom is 0.249 e. The third-order valence-electron chi connectivity index (χ3n) is 4.23. The number of nitrogens with zero attached hydrogens (tertiary/aromatic N) is 1. The largest absolute Gasteiger partial charge is 0.338 e. The van der Waals surface area contributed by atoms with Crippen molar-refractivity contribution in [2.75, 3.05) is 13.1 Å². The summed E-state index contributed by atoms with van der Waals surface area (Å²) < 4.78 is 0. The number of carbonyl (C=O) groups is 1. The van der Waals surface area contributed by atoms with Crippen molar-refractivity contribution in [1.82, 2.24) is 4.90 Å². The van der Waals surface area contributed by atoms with Crippen molar-refractivity contribution in [3.05, 3.63) is 11.6 Å². The fourth-order valence-electron chi connectivity index (χ4n) is 3.28. The number of hydrogen-bond donors (Lipinski definition) is 1. The molecule has 1 aliphatic carbocycles. The van der Waals surface area contributed by atoms with Crippen LogP contribution >= 0.6 is 0 Å². The first-order chi connectivity index (χ1) is 8.11. The third kappa shape index (κ3) is 2.71. The van der Waals surface area contributed by atoms with Gasteiger partial charge in [0.15, 0.2) is 0 Å². The first kappa shape index (κ1) is 12.6.